The van der Waals surface area contributed by atoms with E-state index in [1.54, 1.807) is 20.8 Å². The Morgan fingerprint density at radius 1 is 1.10 bits per heavy atom. The molecule has 2 N–H and O–H groups in total. The maximum Gasteiger partial charge on any atom is 0.311 e. The second-order valence-electron chi connectivity index (χ2n) is 7.27. The number of hydrogen-bond donors (Lipinski definition) is 2. The van der Waals surface area contributed by atoms with Crippen LogP contribution in [-0.2, 0) is 26.0 Å². The molecule has 7 nitrogen and oxygen atoms in total. The predicted octanol–water partition coefficient (Wildman–Crippen LogP) is 3.18. The standard InChI is InChI=1S/C22H27ClN2O5S/c1-4-30-22(27)17(12-16-8-6-5-7-9-16)14-24-21(26)19-13-18(10-11-20(19)23)31(28,29)25-15(2)3/h5-11,13,15,17,25H,4,12,14H2,1-3H3,(H,24,26). The average Bonchev–Trinajstić information content (AvgIpc) is 2.71. The molecule has 0 fully saturated rings. The highest BCUT2D eigenvalue weighted by Gasteiger charge is 2.23. The first-order valence-corrected chi connectivity index (χ1v) is 11.8. The quantitative estimate of drug-likeness (QED) is 0.523. The van der Waals surface area contributed by atoms with Crippen molar-refractivity contribution in [1.82, 2.24) is 10.0 Å². The average molecular weight is 467 g/mol. The fourth-order valence-electron chi connectivity index (χ4n) is 2.93. The van der Waals surface area contributed by atoms with Gasteiger partial charge in [0.25, 0.3) is 5.91 Å². The predicted molar refractivity (Wildman–Crippen MR) is 120 cm³/mol. The number of amides is 1. The third-order valence-electron chi connectivity index (χ3n) is 4.34. The van der Waals surface area contributed by atoms with E-state index in [1.807, 2.05) is 30.3 Å². The first-order chi connectivity index (χ1) is 14.6. The Kier molecular flexibility index (Phi) is 9.03. The third kappa shape index (κ3) is 7.34. The van der Waals surface area contributed by atoms with E-state index < -0.39 is 27.8 Å². The Balaban J connectivity index is 2.18. The van der Waals surface area contributed by atoms with Gasteiger partial charge in [-0.25, -0.2) is 13.1 Å². The largest absolute Gasteiger partial charge is 0.466 e. The minimum absolute atomic E-state index is 0.00983. The normalized spacial score (nSPS) is 12.4. The lowest BCUT2D eigenvalue weighted by Gasteiger charge is -2.17. The van der Waals surface area contributed by atoms with Crippen LogP contribution in [0.2, 0.25) is 5.02 Å². The van der Waals surface area contributed by atoms with Gasteiger partial charge >= 0.3 is 5.97 Å². The highest BCUT2D eigenvalue weighted by molar-refractivity contribution is 7.89. The highest BCUT2D eigenvalue weighted by Crippen LogP contribution is 2.21. The van der Waals surface area contributed by atoms with Crippen molar-refractivity contribution in [2.45, 2.75) is 38.1 Å². The second kappa shape index (κ2) is 11.3. The van der Waals surface area contributed by atoms with Crippen molar-refractivity contribution in [3.05, 3.63) is 64.7 Å². The van der Waals surface area contributed by atoms with Crippen molar-refractivity contribution in [1.29, 1.82) is 0 Å². The molecule has 2 aromatic rings. The first kappa shape index (κ1) is 24.8. The number of carbonyl (C=O) groups is 2. The van der Waals surface area contributed by atoms with E-state index in [0.29, 0.717) is 6.42 Å². The second-order valence-corrected chi connectivity index (χ2v) is 9.39. The van der Waals surface area contributed by atoms with Crippen LogP contribution in [0.5, 0.6) is 0 Å². The van der Waals surface area contributed by atoms with Gasteiger partial charge in [0.15, 0.2) is 0 Å². The van der Waals surface area contributed by atoms with Crippen molar-refractivity contribution in [3.63, 3.8) is 0 Å². The highest BCUT2D eigenvalue weighted by atomic mass is 35.5. The van der Waals surface area contributed by atoms with E-state index in [0.717, 1.165) is 5.56 Å². The lowest BCUT2D eigenvalue weighted by atomic mass is 9.99. The molecule has 1 amide bonds. The molecule has 0 saturated carbocycles. The fourth-order valence-corrected chi connectivity index (χ4v) is 4.41. The minimum atomic E-state index is -3.79. The van der Waals surface area contributed by atoms with E-state index in [1.165, 1.54) is 18.2 Å². The summed E-state index contributed by atoms with van der Waals surface area (Å²) in [6, 6.07) is 13.0. The van der Waals surface area contributed by atoms with E-state index in [-0.39, 0.29) is 34.7 Å². The van der Waals surface area contributed by atoms with E-state index in [9.17, 15) is 18.0 Å². The number of halogens is 1. The van der Waals surface area contributed by atoms with Crippen LogP contribution in [0.15, 0.2) is 53.4 Å². The zero-order valence-electron chi connectivity index (χ0n) is 17.7. The van der Waals surface area contributed by atoms with Crippen molar-refractivity contribution in [2.24, 2.45) is 5.92 Å². The molecule has 2 rings (SSSR count). The molecule has 1 atom stereocenters. The summed E-state index contributed by atoms with van der Waals surface area (Å²) in [6.45, 7) is 5.36. The Morgan fingerprint density at radius 3 is 2.39 bits per heavy atom. The number of rotatable bonds is 10. The van der Waals surface area contributed by atoms with Gasteiger partial charge in [0, 0.05) is 12.6 Å². The van der Waals surface area contributed by atoms with Gasteiger partial charge in [-0.3, -0.25) is 9.59 Å². The number of ether oxygens (including phenoxy) is 1. The van der Waals surface area contributed by atoms with Crippen LogP contribution >= 0.6 is 11.6 Å². The maximum atomic E-state index is 12.7. The molecule has 0 radical (unpaired) electrons. The Bertz CT molecular complexity index is 1010. The maximum absolute atomic E-state index is 12.7. The zero-order valence-corrected chi connectivity index (χ0v) is 19.3. The van der Waals surface area contributed by atoms with Crippen LogP contribution in [0.25, 0.3) is 0 Å². The van der Waals surface area contributed by atoms with Gasteiger partial charge in [-0.15, -0.1) is 0 Å². The summed E-state index contributed by atoms with van der Waals surface area (Å²) in [7, 11) is -3.79. The van der Waals surface area contributed by atoms with Gasteiger partial charge in [-0.1, -0.05) is 41.9 Å². The lowest BCUT2D eigenvalue weighted by molar-refractivity contribution is -0.147. The summed E-state index contributed by atoms with van der Waals surface area (Å²) in [5, 5.41) is 2.79. The van der Waals surface area contributed by atoms with Crippen LogP contribution in [0, 0.1) is 5.92 Å². The molecule has 0 aliphatic heterocycles. The molecular weight excluding hydrogens is 440 g/mol. The van der Waals surface area contributed by atoms with Crippen LogP contribution < -0.4 is 10.0 Å². The van der Waals surface area contributed by atoms with Crippen molar-refractivity contribution < 1.29 is 22.7 Å². The number of esters is 1. The Morgan fingerprint density at radius 2 is 1.77 bits per heavy atom. The van der Waals surface area contributed by atoms with Gasteiger partial charge < -0.3 is 10.1 Å². The third-order valence-corrected chi connectivity index (χ3v) is 6.32. The van der Waals surface area contributed by atoms with Crippen LogP contribution in [0.4, 0.5) is 0 Å². The number of hydrogen-bond acceptors (Lipinski definition) is 5. The molecule has 0 spiro atoms. The minimum Gasteiger partial charge on any atom is -0.466 e. The molecule has 1 unspecified atom stereocenters. The van der Waals surface area contributed by atoms with Gasteiger partial charge in [0.2, 0.25) is 10.0 Å². The molecule has 31 heavy (non-hydrogen) atoms. The summed E-state index contributed by atoms with van der Waals surface area (Å²) in [5.41, 5.74) is 0.941. The molecule has 0 saturated heterocycles. The van der Waals surface area contributed by atoms with E-state index in [4.69, 9.17) is 16.3 Å². The molecule has 0 aliphatic carbocycles. The van der Waals surface area contributed by atoms with Gasteiger partial charge in [0.1, 0.15) is 0 Å². The van der Waals surface area contributed by atoms with Gasteiger partial charge in [-0.2, -0.15) is 0 Å². The van der Waals surface area contributed by atoms with E-state index >= 15 is 0 Å². The van der Waals surface area contributed by atoms with Crippen LogP contribution in [0.3, 0.4) is 0 Å². The van der Waals surface area contributed by atoms with Gasteiger partial charge in [0.05, 0.1) is 28.0 Å². The van der Waals surface area contributed by atoms with Crippen molar-refractivity contribution >= 4 is 33.5 Å². The Labute approximate surface area is 188 Å². The molecule has 0 heterocycles. The van der Waals surface area contributed by atoms with E-state index in [2.05, 4.69) is 10.0 Å². The molecule has 168 valence electrons. The number of nitrogens with one attached hydrogen (secondary N) is 2. The number of carbonyl (C=O) groups excluding carboxylic acids is 2. The van der Waals surface area contributed by atoms with Crippen LogP contribution in [-0.4, -0.2) is 39.5 Å². The number of benzene rings is 2. The fraction of sp³-hybridized carbons (Fsp3) is 0.364. The first-order valence-electron chi connectivity index (χ1n) is 9.94. The molecule has 0 aliphatic rings. The van der Waals surface area contributed by atoms with Crippen molar-refractivity contribution in [3.8, 4) is 0 Å². The summed E-state index contributed by atoms with van der Waals surface area (Å²) < 4.78 is 32.4. The monoisotopic (exact) mass is 466 g/mol. The summed E-state index contributed by atoms with van der Waals surface area (Å²) >= 11 is 6.14. The van der Waals surface area contributed by atoms with Crippen molar-refractivity contribution in [2.75, 3.05) is 13.2 Å². The molecule has 9 heteroatoms. The molecule has 2 aromatic carbocycles. The van der Waals surface area contributed by atoms with Gasteiger partial charge in [-0.05, 0) is 51.0 Å². The molecule has 0 aromatic heterocycles. The Hall–Kier alpha value is -2.42. The topological polar surface area (TPSA) is 102 Å². The number of sulfonamides is 1. The smallest absolute Gasteiger partial charge is 0.311 e. The summed E-state index contributed by atoms with van der Waals surface area (Å²) in [6.07, 6.45) is 0.389. The van der Waals surface area contributed by atoms with Crippen LogP contribution in [0.1, 0.15) is 36.7 Å². The molecule has 0 bridgehead atoms. The SMILES string of the molecule is CCOC(=O)C(CNC(=O)c1cc(S(=O)(=O)NC(C)C)ccc1Cl)Cc1ccccc1. The summed E-state index contributed by atoms with van der Waals surface area (Å²) in [4.78, 5) is 25.0. The molecular formula is C22H27ClN2O5S. The zero-order chi connectivity index (χ0) is 23.0. The summed E-state index contributed by atoms with van der Waals surface area (Å²) in [5.74, 6) is -1.59. The lowest BCUT2D eigenvalue weighted by Crippen LogP contribution is -2.35.